The van der Waals surface area contributed by atoms with E-state index in [1.807, 2.05) is 38.1 Å². The highest BCUT2D eigenvalue weighted by Gasteiger charge is 2.41. The summed E-state index contributed by atoms with van der Waals surface area (Å²) in [7, 11) is -4.33. The minimum Gasteiger partial charge on any atom is -0.466 e. The maximum Gasteiger partial charge on any atom is 0.324 e. The van der Waals surface area contributed by atoms with Gasteiger partial charge in [0.2, 0.25) is 0 Å². The van der Waals surface area contributed by atoms with Crippen molar-refractivity contribution >= 4 is 32.7 Å². The van der Waals surface area contributed by atoms with Crippen LogP contribution in [0.15, 0.2) is 67.0 Å². The highest BCUT2D eigenvalue weighted by atomic mass is 32.2. The molecular weight excluding hydrogens is 729 g/mol. The quantitative estimate of drug-likeness (QED) is 0.156. The molecule has 2 aromatic heterocycles. The first-order chi connectivity index (χ1) is 26.1. The number of aromatic nitrogens is 3. The van der Waals surface area contributed by atoms with Gasteiger partial charge in [-0.15, -0.1) is 0 Å². The van der Waals surface area contributed by atoms with E-state index in [-0.39, 0.29) is 53.9 Å². The molecule has 10 nitrogen and oxygen atoms in total. The summed E-state index contributed by atoms with van der Waals surface area (Å²) in [6, 6.07) is 14.6. The summed E-state index contributed by atoms with van der Waals surface area (Å²) in [6.45, 7) is 9.57. The first-order valence-electron chi connectivity index (χ1n) is 18.6. The number of benzene rings is 3. The van der Waals surface area contributed by atoms with Crippen molar-refractivity contribution in [3.63, 3.8) is 0 Å². The Morgan fingerprint density at radius 1 is 0.982 bits per heavy atom. The number of aromatic amines is 2. The van der Waals surface area contributed by atoms with Gasteiger partial charge in [0.25, 0.3) is 0 Å². The fraction of sp³-hybridized carbons (Fsp3) is 0.405. The van der Waals surface area contributed by atoms with Crippen molar-refractivity contribution in [3.05, 3.63) is 101 Å². The highest BCUT2D eigenvalue weighted by molar-refractivity contribution is 7.92. The molecule has 0 spiro atoms. The average molecular weight is 776 g/mol. The van der Waals surface area contributed by atoms with Crippen LogP contribution in [0.25, 0.3) is 22.3 Å². The lowest BCUT2D eigenvalue weighted by molar-refractivity contribution is -0.144. The third kappa shape index (κ3) is 8.61. The monoisotopic (exact) mass is 775 g/mol. The molecule has 1 aliphatic rings. The van der Waals surface area contributed by atoms with E-state index < -0.39 is 49.3 Å². The van der Waals surface area contributed by atoms with Crippen LogP contribution in [0.3, 0.4) is 0 Å². The Kier molecular flexibility index (Phi) is 11.5. The fourth-order valence-corrected chi connectivity index (χ4v) is 9.44. The molecule has 0 radical (unpaired) electrons. The average Bonchev–Trinajstić information content (AvgIpc) is 3.83. The highest BCUT2D eigenvalue weighted by Crippen LogP contribution is 2.43. The van der Waals surface area contributed by atoms with Crippen LogP contribution >= 0.6 is 0 Å². The molecule has 5 aromatic rings. The number of halogens is 2. The maximum absolute atomic E-state index is 15.9. The molecule has 2 unspecified atom stereocenters. The second-order valence-corrected chi connectivity index (χ2v) is 17.3. The van der Waals surface area contributed by atoms with E-state index in [0.29, 0.717) is 48.9 Å². The van der Waals surface area contributed by atoms with Crippen molar-refractivity contribution in [2.24, 2.45) is 5.41 Å². The van der Waals surface area contributed by atoms with Gasteiger partial charge in [0, 0.05) is 52.5 Å². The van der Waals surface area contributed by atoms with Crippen LogP contribution in [-0.2, 0) is 46.5 Å². The van der Waals surface area contributed by atoms with Crippen molar-refractivity contribution in [1.82, 2.24) is 15.0 Å². The van der Waals surface area contributed by atoms with Crippen LogP contribution in [0, 0.1) is 17.0 Å². The van der Waals surface area contributed by atoms with Gasteiger partial charge in [0.15, 0.2) is 26.7 Å². The number of imidazole rings is 1. The summed E-state index contributed by atoms with van der Waals surface area (Å²) >= 11 is 0. The zero-order chi connectivity index (χ0) is 39.5. The predicted octanol–water partition coefficient (Wildman–Crippen LogP) is 8.88. The summed E-state index contributed by atoms with van der Waals surface area (Å²) in [5.74, 6) is -3.39. The van der Waals surface area contributed by atoms with E-state index >= 15 is 8.78 Å². The van der Waals surface area contributed by atoms with E-state index in [9.17, 15) is 18.0 Å². The van der Waals surface area contributed by atoms with Gasteiger partial charge in [-0.3, -0.25) is 9.59 Å². The van der Waals surface area contributed by atoms with Gasteiger partial charge in [-0.25, -0.2) is 22.2 Å². The van der Waals surface area contributed by atoms with Gasteiger partial charge >= 0.3 is 11.9 Å². The molecule has 292 valence electrons. The minimum absolute atomic E-state index is 0.0159. The molecule has 0 amide bonds. The topological polar surface area (TPSA) is 140 Å². The Hall–Kier alpha value is -5.04. The van der Waals surface area contributed by atoms with Gasteiger partial charge in [0.05, 0.1) is 24.5 Å². The molecule has 2 atom stereocenters. The van der Waals surface area contributed by atoms with E-state index in [1.165, 1.54) is 24.3 Å². The first-order valence-corrected chi connectivity index (χ1v) is 20.3. The lowest BCUT2D eigenvalue weighted by atomic mass is 9.73. The van der Waals surface area contributed by atoms with E-state index in [1.54, 1.807) is 32.3 Å². The molecule has 4 bridgehead atoms. The Bertz CT molecular complexity index is 2320. The summed E-state index contributed by atoms with van der Waals surface area (Å²) < 4.78 is 76.9. The molecular formula is C42H47F2N3O7S. The van der Waals surface area contributed by atoms with Crippen LogP contribution in [-0.4, -0.2) is 53.8 Å². The van der Waals surface area contributed by atoms with Crippen molar-refractivity contribution in [3.8, 4) is 22.9 Å². The van der Waals surface area contributed by atoms with Crippen molar-refractivity contribution in [2.45, 2.75) is 89.6 Å². The minimum atomic E-state index is -4.33. The molecule has 6 rings (SSSR count). The third-order valence-corrected chi connectivity index (χ3v) is 12.5. The van der Waals surface area contributed by atoms with Crippen LogP contribution in [0.2, 0.25) is 0 Å². The third-order valence-electron chi connectivity index (χ3n) is 10.5. The van der Waals surface area contributed by atoms with E-state index in [0.717, 1.165) is 11.1 Å². The zero-order valence-corrected chi connectivity index (χ0v) is 32.6. The standard InChI is InChI=1S/C42H47F2N3O7S/c1-6-52-37(48)15-12-26-10-8-11-27(20-26)42(5)18-9-17-41(3,4)23-35(40(49)53-7-2)55(50,51)25-31-29-16-19-45-34(29)22-33(44)38(31)54-28-13-14-32(43)30(21-28)39-46-24-36(42)47-39/h8,10-11,13-14,16,19-22,24,35,45H,6-7,9,12,15,17-18,23,25H2,1-5H3,(H,46,47). The molecule has 55 heavy (non-hydrogen) atoms. The number of esters is 2. The molecule has 0 aliphatic carbocycles. The zero-order valence-electron chi connectivity index (χ0n) is 31.8. The van der Waals surface area contributed by atoms with Crippen LogP contribution in [0.1, 0.15) is 89.1 Å². The SMILES string of the molecule is CCOC(=O)CCc1cccc(C2(C)CCCC(C)(C)CC(C(=O)OCC)S(=O)(=O)Cc3c(c(F)cc4[nH]ccc34)Oc3ccc(F)c(c3)-c3ncc2[nH]3)c1. The van der Waals surface area contributed by atoms with Gasteiger partial charge in [-0.05, 0) is 87.3 Å². The molecule has 3 aromatic carbocycles. The summed E-state index contributed by atoms with van der Waals surface area (Å²) in [4.78, 5) is 36.6. The van der Waals surface area contributed by atoms with Crippen molar-refractivity contribution in [1.29, 1.82) is 0 Å². The number of nitrogens with one attached hydrogen (secondary N) is 2. The number of rotatable bonds is 7. The lowest BCUT2D eigenvalue weighted by Gasteiger charge is -2.33. The maximum atomic E-state index is 15.9. The summed E-state index contributed by atoms with van der Waals surface area (Å²) in [5, 5.41) is -1.14. The number of hydrogen-bond acceptors (Lipinski definition) is 8. The Balaban J connectivity index is 1.49. The summed E-state index contributed by atoms with van der Waals surface area (Å²) in [5.41, 5.74) is 1.65. The van der Waals surface area contributed by atoms with Gasteiger partial charge in [0.1, 0.15) is 17.4 Å². The Morgan fingerprint density at radius 3 is 2.53 bits per heavy atom. The molecule has 1 aliphatic heterocycles. The number of carbonyl (C=O) groups is 2. The number of fused-ring (bicyclic) bond motifs is 8. The fourth-order valence-electron chi connectivity index (χ4n) is 7.49. The Labute approximate surface area is 319 Å². The number of nitrogens with zero attached hydrogens (tertiary/aromatic N) is 1. The number of H-pyrrole nitrogens is 2. The number of sulfone groups is 1. The lowest BCUT2D eigenvalue weighted by Crippen LogP contribution is -2.37. The first kappa shape index (κ1) is 39.6. The molecule has 13 heteroatoms. The molecule has 2 N–H and O–H groups in total. The number of carbonyl (C=O) groups excluding carboxylic acids is 2. The number of ether oxygens (including phenoxy) is 3. The molecule has 0 saturated carbocycles. The van der Waals surface area contributed by atoms with Crippen LogP contribution in [0.5, 0.6) is 11.5 Å². The van der Waals surface area contributed by atoms with Crippen molar-refractivity contribution < 1.29 is 41.0 Å². The Morgan fingerprint density at radius 2 is 1.76 bits per heavy atom. The van der Waals surface area contributed by atoms with E-state index in [2.05, 4.69) is 21.9 Å². The second kappa shape index (κ2) is 16.0. The molecule has 0 saturated heterocycles. The smallest absolute Gasteiger partial charge is 0.324 e. The van der Waals surface area contributed by atoms with Crippen LogP contribution < -0.4 is 4.74 Å². The van der Waals surface area contributed by atoms with Gasteiger partial charge in [-0.1, -0.05) is 44.5 Å². The van der Waals surface area contributed by atoms with Gasteiger partial charge < -0.3 is 24.2 Å². The number of aryl methyl sites for hydroxylation is 1. The van der Waals surface area contributed by atoms with Gasteiger partial charge in [-0.2, -0.15) is 0 Å². The second-order valence-electron chi connectivity index (χ2n) is 15.1. The molecule has 0 fully saturated rings. The number of hydrogen-bond donors (Lipinski definition) is 2. The van der Waals surface area contributed by atoms with Crippen LogP contribution in [0.4, 0.5) is 8.78 Å². The normalized spacial score (nSPS) is 19.7. The molecule has 3 heterocycles. The largest absolute Gasteiger partial charge is 0.466 e. The van der Waals surface area contributed by atoms with Crippen molar-refractivity contribution in [2.75, 3.05) is 13.2 Å². The predicted molar refractivity (Wildman–Crippen MR) is 205 cm³/mol. The van der Waals surface area contributed by atoms with E-state index in [4.69, 9.17) is 14.2 Å². The summed E-state index contributed by atoms with van der Waals surface area (Å²) in [6.07, 6.45) is 5.61.